The van der Waals surface area contributed by atoms with Gasteiger partial charge in [-0.3, -0.25) is 0 Å². The standard InChI is InChI=1S/C17H20N2S/c1-12-3-7-16(13(2)9-12)20-17-8-4-14(11-19-17)10-18-15-5-6-15/h3-4,7-9,11,15,18H,5-6,10H2,1-2H3. The Hall–Kier alpha value is -1.32. The zero-order valence-corrected chi connectivity index (χ0v) is 12.8. The molecule has 0 aliphatic heterocycles. The number of aryl methyl sites for hydroxylation is 2. The van der Waals surface area contributed by atoms with Gasteiger partial charge in [-0.05, 0) is 49.9 Å². The Bertz CT molecular complexity index is 588. The van der Waals surface area contributed by atoms with Gasteiger partial charge in [-0.15, -0.1) is 0 Å². The molecule has 0 saturated heterocycles. The van der Waals surface area contributed by atoms with E-state index in [1.54, 1.807) is 11.8 Å². The van der Waals surface area contributed by atoms with Crippen molar-refractivity contribution in [2.24, 2.45) is 0 Å². The fourth-order valence-electron chi connectivity index (χ4n) is 2.15. The number of rotatable bonds is 5. The summed E-state index contributed by atoms with van der Waals surface area (Å²) in [5.41, 5.74) is 3.89. The minimum atomic E-state index is 0.749. The largest absolute Gasteiger partial charge is 0.310 e. The number of nitrogens with zero attached hydrogens (tertiary/aromatic N) is 1. The normalized spacial score (nSPS) is 14.5. The minimum Gasteiger partial charge on any atom is -0.310 e. The summed E-state index contributed by atoms with van der Waals surface area (Å²) in [5.74, 6) is 0. The van der Waals surface area contributed by atoms with E-state index in [1.165, 1.54) is 34.4 Å². The lowest BCUT2D eigenvalue weighted by molar-refractivity contribution is 0.685. The first kappa shape index (κ1) is 13.7. The van der Waals surface area contributed by atoms with Crippen molar-refractivity contribution in [3.8, 4) is 0 Å². The molecule has 1 aliphatic rings. The lowest BCUT2D eigenvalue weighted by Gasteiger charge is -2.07. The Balaban J connectivity index is 1.64. The average molecular weight is 284 g/mol. The molecule has 0 bridgehead atoms. The smallest absolute Gasteiger partial charge is 0.101 e. The van der Waals surface area contributed by atoms with E-state index in [9.17, 15) is 0 Å². The van der Waals surface area contributed by atoms with Crippen LogP contribution in [0.15, 0.2) is 46.5 Å². The molecule has 0 unspecified atom stereocenters. The Morgan fingerprint density at radius 3 is 2.70 bits per heavy atom. The average Bonchev–Trinajstić information content (AvgIpc) is 3.25. The van der Waals surface area contributed by atoms with Crippen LogP contribution in [0.1, 0.15) is 29.5 Å². The lowest BCUT2D eigenvalue weighted by atomic mass is 10.2. The number of hydrogen-bond donors (Lipinski definition) is 1. The van der Waals surface area contributed by atoms with E-state index in [2.05, 4.69) is 54.5 Å². The lowest BCUT2D eigenvalue weighted by Crippen LogP contribution is -2.15. The van der Waals surface area contributed by atoms with E-state index in [0.29, 0.717) is 0 Å². The Kier molecular flexibility index (Phi) is 4.08. The summed E-state index contributed by atoms with van der Waals surface area (Å²) in [5, 5.41) is 4.57. The molecule has 1 saturated carbocycles. The fraction of sp³-hybridized carbons (Fsp3) is 0.353. The zero-order chi connectivity index (χ0) is 13.9. The summed E-state index contributed by atoms with van der Waals surface area (Å²) in [6.07, 6.45) is 4.64. The third kappa shape index (κ3) is 3.62. The number of pyridine rings is 1. The van der Waals surface area contributed by atoms with Crippen molar-refractivity contribution in [3.63, 3.8) is 0 Å². The summed E-state index contributed by atoms with van der Waals surface area (Å²) in [6.45, 7) is 5.22. The van der Waals surface area contributed by atoms with Crippen LogP contribution in [0.2, 0.25) is 0 Å². The third-order valence-corrected chi connectivity index (χ3v) is 4.64. The molecule has 1 fully saturated rings. The van der Waals surface area contributed by atoms with E-state index in [1.807, 2.05) is 6.20 Å². The molecule has 2 aromatic rings. The van der Waals surface area contributed by atoms with E-state index < -0.39 is 0 Å². The summed E-state index contributed by atoms with van der Waals surface area (Å²) in [4.78, 5) is 5.84. The van der Waals surface area contributed by atoms with Crippen LogP contribution in [0.3, 0.4) is 0 Å². The summed E-state index contributed by atoms with van der Waals surface area (Å²) in [7, 11) is 0. The van der Waals surface area contributed by atoms with Crippen LogP contribution in [0.4, 0.5) is 0 Å². The van der Waals surface area contributed by atoms with Crippen LogP contribution in [-0.2, 0) is 6.54 Å². The Labute approximate surface area is 125 Å². The van der Waals surface area contributed by atoms with E-state index in [-0.39, 0.29) is 0 Å². The summed E-state index contributed by atoms with van der Waals surface area (Å²) < 4.78 is 0. The van der Waals surface area contributed by atoms with Crippen LogP contribution in [0.25, 0.3) is 0 Å². The summed E-state index contributed by atoms with van der Waals surface area (Å²) in [6, 6.07) is 11.6. The zero-order valence-electron chi connectivity index (χ0n) is 12.0. The van der Waals surface area contributed by atoms with Crippen LogP contribution >= 0.6 is 11.8 Å². The molecular weight excluding hydrogens is 264 g/mol. The topological polar surface area (TPSA) is 24.9 Å². The maximum Gasteiger partial charge on any atom is 0.101 e. The van der Waals surface area contributed by atoms with Gasteiger partial charge in [0.1, 0.15) is 5.03 Å². The first-order chi connectivity index (χ1) is 9.70. The molecule has 1 aliphatic carbocycles. The predicted molar refractivity (Wildman–Crippen MR) is 84.1 cm³/mol. The predicted octanol–water partition coefficient (Wildman–Crippen LogP) is 4.10. The Morgan fingerprint density at radius 1 is 1.20 bits per heavy atom. The van der Waals surface area contributed by atoms with Crippen molar-refractivity contribution in [2.45, 2.75) is 49.2 Å². The second kappa shape index (κ2) is 5.98. The second-order valence-corrected chi connectivity index (χ2v) is 6.59. The van der Waals surface area contributed by atoms with Gasteiger partial charge in [0.25, 0.3) is 0 Å². The molecule has 20 heavy (non-hydrogen) atoms. The maximum atomic E-state index is 4.56. The van der Waals surface area contributed by atoms with Crippen molar-refractivity contribution in [3.05, 3.63) is 53.2 Å². The first-order valence-corrected chi connectivity index (χ1v) is 7.96. The van der Waals surface area contributed by atoms with E-state index in [4.69, 9.17) is 0 Å². The molecule has 1 heterocycles. The molecule has 1 aromatic carbocycles. The highest BCUT2D eigenvalue weighted by Gasteiger charge is 2.19. The number of hydrogen-bond acceptors (Lipinski definition) is 3. The Morgan fingerprint density at radius 2 is 2.05 bits per heavy atom. The van der Waals surface area contributed by atoms with Gasteiger partial charge < -0.3 is 5.32 Å². The van der Waals surface area contributed by atoms with Crippen molar-refractivity contribution < 1.29 is 0 Å². The molecule has 0 radical (unpaired) electrons. The molecule has 0 spiro atoms. The summed E-state index contributed by atoms with van der Waals surface area (Å²) >= 11 is 1.74. The van der Waals surface area contributed by atoms with Gasteiger partial charge in [-0.2, -0.15) is 0 Å². The van der Waals surface area contributed by atoms with E-state index in [0.717, 1.165) is 17.6 Å². The molecule has 3 heteroatoms. The van der Waals surface area contributed by atoms with Crippen LogP contribution in [0, 0.1) is 13.8 Å². The second-order valence-electron chi connectivity index (χ2n) is 5.53. The molecule has 0 atom stereocenters. The third-order valence-electron chi connectivity index (χ3n) is 3.51. The van der Waals surface area contributed by atoms with Crippen molar-refractivity contribution in [1.82, 2.24) is 10.3 Å². The van der Waals surface area contributed by atoms with Crippen LogP contribution in [0.5, 0.6) is 0 Å². The van der Waals surface area contributed by atoms with Crippen molar-refractivity contribution >= 4 is 11.8 Å². The van der Waals surface area contributed by atoms with Gasteiger partial charge in [0.05, 0.1) is 0 Å². The molecule has 1 N–H and O–H groups in total. The quantitative estimate of drug-likeness (QED) is 0.894. The molecule has 104 valence electrons. The first-order valence-electron chi connectivity index (χ1n) is 7.14. The molecular formula is C17H20N2S. The molecule has 2 nitrogen and oxygen atoms in total. The van der Waals surface area contributed by atoms with Gasteiger partial charge in [0.2, 0.25) is 0 Å². The SMILES string of the molecule is Cc1ccc(Sc2ccc(CNC3CC3)cn2)c(C)c1. The van der Waals surface area contributed by atoms with Crippen LogP contribution in [-0.4, -0.2) is 11.0 Å². The van der Waals surface area contributed by atoms with Gasteiger partial charge >= 0.3 is 0 Å². The van der Waals surface area contributed by atoms with Crippen LogP contribution < -0.4 is 5.32 Å². The molecule has 3 rings (SSSR count). The number of nitrogens with one attached hydrogen (secondary N) is 1. The molecule has 1 aromatic heterocycles. The monoisotopic (exact) mass is 284 g/mol. The van der Waals surface area contributed by atoms with Crippen molar-refractivity contribution in [2.75, 3.05) is 0 Å². The maximum absolute atomic E-state index is 4.56. The van der Waals surface area contributed by atoms with Gasteiger partial charge in [0, 0.05) is 23.7 Å². The highest BCUT2D eigenvalue weighted by molar-refractivity contribution is 7.99. The fourth-order valence-corrected chi connectivity index (χ4v) is 2.97. The van der Waals surface area contributed by atoms with Gasteiger partial charge in [-0.1, -0.05) is 35.5 Å². The van der Waals surface area contributed by atoms with Crippen molar-refractivity contribution in [1.29, 1.82) is 0 Å². The van der Waals surface area contributed by atoms with E-state index >= 15 is 0 Å². The van der Waals surface area contributed by atoms with Gasteiger partial charge in [0.15, 0.2) is 0 Å². The molecule has 0 amide bonds. The van der Waals surface area contributed by atoms with Gasteiger partial charge in [-0.25, -0.2) is 4.98 Å². The highest BCUT2D eigenvalue weighted by Crippen LogP contribution is 2.29. The number of aromatic nitrogens is 1. The minimum absolute atomic E-state index is 0.749. The number of benzene rings is 1. The highest BCUT2D eigenvalue weighted by atomic mass is 32.2.